The summed E-state index contributed by atoms with van der Waals surface area (Å²) in [7, 11) is 0. The molecule has 0 aromatic heterocycles. The van der Waals surface area contributed by atoms with Gasteiger partial charge in [-0.1, -0.05) is 19.1 Å². The van der Waals surface area contributed by atoms with E-state index in [1.54, 1.807) is 18.2 Å². The highest BCUT2D eigenvalue weighted by molar-refractivity contribution is 5.68. The number of hydrogen-bond donors (Lipinski definition) is 1. The van der Waals surface area contributed by atoms with Crippen LogP contribution in [0.15, 0.2) is 24.3 Å². The topological polar surface area (TPSA) is 37.3 Å². The van der Waals surface area contributed by atoms with Gasteiger partial charge in [-0.2, -0.15) is 0 Å². The summed E-state index contributed by atoms with van der Waals surface area (Å²) in [6.07, 6.45) is 1.67. The van der Waals surface area contributed by atoms with Crippen molar-refractivity contribution in [2.45, 2.75) is 25.7 Å². The number of aldehydes is 1. The predicted octanol–water partition coefficient (Wildman–Crippen LogP) is 2.26. The van der Waals surface area contributed by atoms with E-state index in [0.717, 1.165) is 18.3 Å². The molecule has 0 aliphatic heterocycles. The number of carbonyl (C=O) groups is 1. The van der Waals surface area contributed by atoms with E-state index in [1.807, 2.05) is 19.9 Å². The summed E-state index contributed by atoms with van der Waals surface area (Å²) in [5.41, 5.74) is 0.392. The van der Waals surface area contributed by atoms with Gasteiger partial charge in [0.1, 0.15) is 12.0 Å². The summed E-state index contributed by atoms with van der Waals surface area (Å²) in [4.78, 5) is 10.9. The monoisotopic (exact) mass is 178 g/mol. The second-order valence-electron chi connectivity index (χ2n) is 3.44. The highest BCUT2D eigenvalue weighted by atomic mass is 16.3. The van der Waals surface area contributed by atoms with E-state index in [-0.39, 0.29) is 5.75 Å². The zero-order valence-electron chi connectivity index (χ0n) is 7.95. The Labute approximate surface area is 78.2 Å². The van der Waals surface area contributed by atoms with E-state index in [0.29, 0.717) is 0 Å². The lowest BCUT2D eigenvalue weighted by Crippen LogP contribution is -2.22. The van der Waals surface area contributed by atoms with Crippen molar-refractivity contribution in [1.82, 2.24) is 0 Å². The minimum absolute atomic E-state index is 0.207. The zero-order valence-corrected chi connectivity index (χ0v) is 7.95. The van der Waals surface area contributed by atoms with Crippen LogP contribution in [0.25, 0.3) is 0 Å². The molecule has 0 saturated carbocycles. The van der Waals surface area contributed by atoms with Crippen LogP contribution in [0.1, 0.15) is 25.8 Å². The van der Waals surface area contributed by atoms with Crippen molar-refractivity contribution in [3.8, 4) is 5.75 Å². The first-order valence-corrected chi connectivity index (χ1v) is 4.38. The third-order valence-corrected chi connectivity index (χ3v) is 2.50. The van der Waals surface area contributed by atoms with Gasteiger partial charge < -0.3 is 9.90 Å². The molecule has 0 fully saturated rings. The maximum absolute atomic E-state index is 10.9. The van der Waals surface area contributed by atoms with Gasteiger partial charge in [-0.3, -0.25) is 0 Å². The predicted molar refractivity (Wildman–Crippen MR) is 51.8 cm³/mol. The smallest absolute Gasteiger partial charge is 0.130 e. The van der Waals surface area contributed by atoms with Crippen LogP contribution in [0.3, 0.4) is 0 Å². The van der Waals surface area contributed by atoms with Crippen LogP contribution in [0.4, 0.5) is 0 Å². The number of rotatable bonds is 3. The normalized spacial score (nSPS) is 14.9. The number of hydrogen-bond acceptors (Lipinski definition) is 2. The first-order chi connectivity index (χ1) is 6.12. The SMILES string of the molecule is CCC(C)(C=O)c1cccc(O)c1. The van der Waals surface area contributed by atoms with Crippen LogP contribution in [0.5, 0.6) is 5.75 Å². The summed E-state index contributed by atoms with van der Waals surface area (Å²) >= 11 is 0. The number of phenolic OH excluding ortho intramolecular Hbond substituents is 1. The Balaban J connectivity index is 3.12. The molecule has 0 spiro atoms. The van der Waals surface area contributed by atoms with E-state index < -0.39 is 5.41 Å². The Bertz CT molecular complexity index is 307. The van der Waals surface area contributed by atoms with Crippen LogP contribution in [0.2, 0.25) is 0 Å². The Hall–Kier alpha value is -1.31. The van der Waals surface area contributed by atoms with Gasteiger partial charge in [-0.15, -0.1) is 0 Å². The number of phenols is 1. The van der Waals surface area contributed by atoms with Crippen molar-refractivity contribution in [3.05, 3.63) is 29.8 Å². The fourth-order valence-corrected chi connectivity index (χ4v) is 1.22. The Morgan fingerprint density at radius 1 is 1.54 bits per heavy atom. The Morgan fingerprint density at radius 2 is 2.23 bits per heavy atom. The van der Waals surface area contributed by atoms with E-state index in [1.165, 1.54) is 0 Å². The lowest BCUT2D eigenvalue weighted by Gasteiger charge is -2.21. The highest BCUT2D eigenvalue weighted by Gasteiger charge is 2.23. The summed E-state index contributed by atoms with van der Waals surface area (Å²) in [6.45, 7) is 3.83. The van der Waals surface area contributed by atoms with Gasteiger partial charge >= 0.3 is 0 Å². The maximum atomic E-state index is 10.9. The van der Waals surface area contributed by atoms with Crippen LogP contribution in [0, 0.1) is 0 Å². The molecule has 0 heterocycles. The summed E-state index contributed by atoms with van der Waals surface area (Å²) in [5.74, 6) is 0.207. The van der Waals surface area contributed by atoms with Crippen molar-refractivity contribution in [3.63, 3.8) is 0 Å². The van der Waals surface area contributed by atoms with Gasteiger partial charge in [0.25, 0.3) is 0 Å². The summed E-state index contributed by atoms with van der Waals surface area (Å²) in [6, 6.07) is 6.85. The molecule has 0 bridgehead atoms. The first kappa shape index (κ1) is 9.78. The quantitative estimate of drug-likeness (QED) is 0.721. The average molecular weight is 178 g/mol. The molecule has 0 aliphatic carbocycles. The van der Waals surface area contributed by atoms with Gasteiger partial charge in [0, 0.05) is 5.41 Å². The molecule has 1 aromatic rings. The highest BCUT2D eigenvalue weighted by Crippen LogP contribution is 2.27. The molecular formula is C11H14O2. The van der Waals surface area contributed by atoms with Gasteiger partial charge in [-0.05, 0) is 31.0 Å². The standard InChI is InChI=1S/C11H14O2/c1-3-11(2,8-12)9-5-4-6-10(13)7-9/h4-8,13H,3H2,1-2H3. The van der Waals surface area contributed by atoms with Crippen LogP contribution in [-0.4, -0.2) is 11.4 Å². The molecule has 0 aliphatic rings. The van der Waals surface area contributed by atoms with Crippen molar-refractivity contribution >= 4 is 6.29 Å². The van der Waals surface area contributed by atoms with Crippen molar-refractivity contribution in [1.29, 1.82) is 0 Å². The Kier molecular flexibility index (Phi) is 2.71. The summed E-state index contributed by atoms with van der Waals surface area (Å²) < 4.78 is 0. The average Bonchev–Trinajstić information content (AvgIpc) is 2.17. The molecule has 1 atom stereocenters. The zero-order chi connectivity index (χ0) is 9.90. The lowest BCUT2D eigenvalue weighted by atomic mass is 9.82. The fourth-order valence-electron chi connectivity index (χ4n) is 1.22. The molecule has 0 amide bonds. The largest absolute Gasteiger partial charge is 0.508 e. The van der Waals surface area contributed by atoms with Crippen LogP contribution >= 0.6 is 0 Å². The van der Waals surface area contributed by atoms with Gasteiger partial charge in [-0.25, -0.2) is 0 Å². The molecular weight excluding hydrogens is 164 g/mol. The van der Waals surface area contributed by atoms with E-state index in [2.05, 4.69) is 0 Å². The van der Waals surface area contributed by atoms with Gasteiger partial charge in [0.15, 0.2) is 0 Å². The number of aromatic hydroxyl groups is 1. The van der Waals surface area contributed by atoms with Gasteiger partial charge in [0.05, 0.1) is 0 Å². The Morgan fingerprint density at radius 3 is 2.69 bits per heavy atom. The summed E-state index contributed by atoms with van der Waals surface area (Å²) in [5, 5.41) is 9.25. The maximum Gasteiger partial charge on any atom is 0.130 e. The van der Waals surface area contributed by atoms with Crippen LogP contribution < -0.4 is 0 Å². The molecule has 2 heteroatoms. The molecule has 70 valence electrons. The molecule has 0 radical (unpaired) electrons. The minimum Gasteiger partial charge on any atom is -0.508 e. The number of benzene rings is 1. The van der Waals surface area contributed by atoms with Crippen LogP contribution in [-0.2, 0) is 10.2 Å². The van der Waals surface area contributed by atoms with Crippen molar-refractivity contribution < 1.29 is 9.90 Å². The molecule has 13 heavy (non-hydrogen) atoms. The molecule has 2 nitrogen and oxygen atoms in total. The second-order valence-corrected chi connectivity index (χ2v) is 3.44. The molecule has 0 saturated heterocycles. The molecule has 1 aromatic carbocycles. The van der Waals surface area contributed by atoms with Gasteiger partial charge in [0.2, 0.25) is 0 Å². The minimum atomic E-state index is -0.473. The molecule has 1 rings (SSSR count). The van der Waals surface area contributed by atoms with E-state index >= 15 is 0 Å². The lowest BCUT2D eigenvalue weighted by molar-refractivity contribution is -0.112. The van der Waals surface area contributed by atoms with Crippen molar-refractivity contribution in [2.24, 2.45) is 0 Å². The third kappa shape index (κ3) is 1.89. The van der Waals surface area contributed by atoms with E-state index in [9.17, 15) is 9.90 Å². The molecule has 1 unspecified atom stereocenters. The fraction of sp³-hybridized carbons (Fsp3) is 0.364. The van der Waals surface area contributed by atoms with E-state index in [4.69, 9.17) is 0 Å². The first-order valence-electron chi connectivity index (χ1n) is 4.38. The second kappa shape index (κ2) is 3.60. The third-order valence-electron chi connectivity index (χ3n) is 2.50. The van der Waals surface area contributed by atoms with Crippen molar-refractivity contribution in [2.75, 3.05) is 0 Å². The molecule has 1 N–H and O–H groups in total. The number of carbonyl (C=O) groups excluding carboxylic acids is 1.